The summed E-state index contributed by atoms with van der Waals surface area (Å²) >= 11 is 1.83. The number of aromatic nitrogens is 5. The fraction of sp³-hybridized carbons (Fsp3) is 0.389. The summed E-state index contributed by atoms with van der Waals surface area (Å²) < 4.78 is 3.92. The number of rotatable bonds is 2. The Balaban J connectivity index is 1.52. The van der Waals surface area contributed by atoms with E-state index in [9.17, 15) is 0 Å². The highest BCUT2D eigenvalue weighted by molar-refractivity contribution is 7.18. The van der Waals surface area contributed by atoms with Gasteiger partial charge in [0.25, 0.3) is 0 Å². The van der Waals surface area contributed by atoms with Gasteiger partial charge in [-0.25, -0.2) is 9.67 Å². The molecule has 4 aromatic rings. The van der Waals surface area contributed by atoms with Crippen molar-refractivity contribution in [3.63, 3.8) is 0 Å². The van der Waals surface area contributed by atoms with Crippen molar-refractivity contribution in [3.05, 3.63) is 40.9 Å². The Morgan fingerprint density at radius 1 is 1.12 bits per heavy atom. The Morgan fingerprint density at radius 2 is 1.96 bits per heavy atom. The second kappa shape index (κ2) is 5.64. The summed E-state index contributed by atoms with van der Waals surface area (Å²) in [6, 6.07) is 2.31. The molecule has 0 amide bonds. The lowest BCUT2D eigenvalue weighted by Crippen LogP contribution is -2.26. The van der Waals surface area contributed by atoms with E-state index in [0.29, 0.717) is 5.92 Å². The van der Waals surface area contributed by atoms with Gasteiger partial charge in [0.1, 0.15) is 4.83 Å². The van der Waals surface area contributed by atoms with Crippen molar-refractivity contribution >= 4 is 27.2 Å². The maximum Gasteiger partial charge on any atom is 0.172 e. The molecule has 0 radical (unpaired) electrons. The molecule has 5 heterocycles. The number of imidazole rings is 1. The number of hydrogen-bond acceptors (Lipinski definition) is 5. The topological polar surface area (TPSA) is 60.0 Å². The molecule has 0 aromatic carbocycles. The number of nitrogens with one attached hydrogen (secondary N) is 1. The fourth-order valence-electron chi connectivity index (χ4n) is 3.67. The number of nitrogens with zero attached hydrogens (tertiary/aromatic N) is 5. The molecule has 6 nitrogen and oxygen atoms in total. The molecule has 0 unspecified atom stereocenters. The quantitative estimate of drug-likeness (QED) is 0.602. The van der Waals surface area contributed by atoms with Crippen molar-refractivity contribution in [1.82, 2.24) is 29.5 Å². The molecular formula is C18H20N6S. The van der Waals surface area contributed by atoms with Gasteiger partial charge >= 0.3 is 0 Å². The van der Waals surface area contributed by atoms with Crippen LogP contribution in [0.1, 0.15) is 35.0 Å². The molecule has 1 saturated heterocycles. The highest BCUT2D eigenvalue weighted by atomic mass is 32.1. The maximum absolute atomic E-state index is 4.77. The predicted molar refractivity (Wildman–Crippen MR) is 99.8 cm³/mol. The van der Waals surface area contributed by atoms with Crippen molar-refractivity contribution in [1.29, 1.82) is 0 Å². The molecule has 4 aromatic heterocycles. The molecule has 1 aliphatic rings. The molecule has 0 spiro atoms. The lowest BCUT2D eigenvalue weighted by atomic mass is 9.96. The summed E-state index contributed by atoms with van der Waals surface area (Å²) in [5.41, 5.74) is 2.81. The van der Waals surface area contributed by atoms with E-state index in [4.69, 9.17) is 10.1 Å². The Kier molecular flexibility index (Phi) is 3.39. The monoisotopic (exact) mass is 352 g/mol. The Hall–Kier alpha value is -2.25. The molecule has 0 atom stereocenters. The SMILES string of the molecule is Cc1cn2cc(-n3cc4cc(C5CCNCC5)sc4n3)nc2c(C)n1. The molecular weight excluding hydrogens is 332 g/mol. The van der Waals surface area contributed by atoms with E-state index < -0.39 is 0 Å². The van der Waals surface area contributed by atoms with Crippen LogP contribution < -0.4 is 5.32 Å². The standard InChI is InChI=1S/C18H20N6S/c1-11-8-23-10-16(21-17(23)12(2)20-11)24-9-14-7-15(25-18(14)22-24)13-3-5-19-6-4-13/h7-10,13,19H,3-6H2,1-2H3. The number of fused-ring (bicyclic) bond motifs is 2. The van der Waals surface area contributed by atoms with E-state index in [-0.39, 0.29) is 0 Å². The number of hydrogen-bond donors (Lipinski definition) is 1. The number of thiophene rings is 1. The zero-order valence-electron chi connectivity index (χ0n) is 14.4. The average molecular weight is 352 g/mol. The predicted octanol–water partition coefficient (Wildman–Crippen LogP) is 3.21. The first-order valence-corrected chi connectivity index (χ1v) is 9.52. The number of aryl methyl sites for hydroxylation is 2. The smallest absolute Gasteiger partial charge is 0.172 e. The van der Waals surface area contributed by atoms with Crippen LogP contribution in [-0.4, -0.2) is 37.2 Å². The van der Waals surface area contributed by atoms with Crippen LogP contribution in [0, 0.1) is 13.8 Å². The summed E-state index contributed by atoms with van der Waals surface area (Å²) in [4.78, 5) is 11.8. The molecule has 1 fully saturated rings. The van der Waals surface area contributed by atoms with Crippen LogP contribution >= 0.6 is 11.3 Å². The second-order valence-corrected chi connectivity index (χ2v) is 7.87. The van der Waals surface area contributed by atoms with Gasteiger partial charge in [-0.3, -0.25) is 4.98 Å². The molecule has 0 saturated carbocycles. The Bertz CT molecular complexity index is 1030. The van der Waals surface area contributed by atoms with Gasteiger partial charge in [-0.1, -0.05) is 0 Å². The molecule has 25 heavy (non-hydrogen) atoms. The van der Waals surface area contributed by atoms with Gasteiger partial charge in [0, 0.05) is 22.7 Å². The van der Waals surface area contributed by atoms with Gasteiger partial charge in [-0.05, 0) is 51.8 Å². The van der Waals surface area contributed by atoms with Crippen molar-refractivity contribution in [2.24, 2.45) is 0 Å². The summed E-state index contributed by atoms with van der Waals surface area (Å²) in [6.07, 6.45) is 8.55. The van der Waals surface area contributed by atoms with E-state index in [1.807, 2.05) is 46.7 Å². The van der Waals surface area contributed by atoms with Gasteiger partial charge < -0.3 is 9.72 Å². The van der Waals surface area contributed by atoms with Crippen molar-refractivity contribution in [2.75, 3.05) is 13.1 Å². The average Bonchev–Trinajstić information content (AvgIpc) is 3.27. The van der Waals surface area contributed by atoms with Crippen LogP contribution in [0.5, 0.6) is 0 Å². The summed E-state index contributed by atoms with van der Waals surface area (Å²) in [5.74, 6) is 1.52. The van der Waals surface area contributed by atoms with E-state index in [1.54, 1.807) is 0 Å². The Labute approximate surface area is 149 Å². The minimum Gasteiger partial charge on any atom is -0.317 e. The molecule has 1 aliphatic heterocycles. The first-order chi connectivity index (χ1) is 12.2. The van der Waals surface area contributed by atoms with Gasteiger partial charge in [0.2, 0.25) is 0 Å². The van der Waals surface area contributed by atoms with E-state index in [0.717, 1.165) is 40.8 Å². The summed E-state index contributed by atoms with van der Waals surface area (Å²) in [6.45, 7) is 6.23. The summed E-state index contributed by atoms with van der Waals surface area (Å²) in [7, 11) is 0. The Morgan fingerprint density at radius 3 is 2.76 bits per heavy atom. The molecule has 0 aliphatic carbocycles. The van der Waals surface area contributed by atoms with E-state index >= 15 is 0 Å². The van der Waals surface area contributed by atoms with Gasteiger partial charge in [0.05, 0.1) is 17.6 Å². The van der Waals surface area contributed by atoms with Crippen molar-refractivity contribution in [2.45, 2.75) is 32.6 Å². The summed E-state index contributed by atoms with van der Waals surface area (Å²) in [5, 5.41) is 9.41. The third kappa shape index (κ3) is 2.54. The lowest BCUT2D eigenvalue weighted by Gasteiger charge is -2.21. The van der Waals surface area contributed by atoms with Crippen LogP contribution in [0.15, 0.2) is 24.7 Å². The second-order valence-electron chi connectivity index (χ2n) is 6.80. The largest absolute Gasteiger partial charge is 0.317 e. The van der Waals surface area contributed by atoms with Crippen LogP contribution in [-0.2, 0) is 0 Å². The highest BCUT2D eigenvalue weighted by Crippen LogP contribution is 2.34. The number of piperidine rings is 1. The first kappa shape index (κ1) is 15.0. The fourth-order valence-corrected chi connectivity index (χ4v) is 4.84. The highest BCUT2D eigenvalue weighted by Gasteiger charge is 2.19. The van der Waals surface area contributed by atoms with Gasteiger partial charge in [-0.15, -0.1) is 11.3 Å². The van der Waals surface area contributed by atoms with Crippen molar-refractivity contribution < 1.29 is 0 Å². The minimum absolute atomic E-state index is 0.681. The van der Waals surface area contributed by atoms with Gasteiger partial charge in [-0.2, -0.15) is 5.10 Å². The van der Waals surface area contributed by atoms with Crippen LogP contribution in [0.2, 0.25) is 0 Å². The van der Waals surface area contributed by atoms with Crippen LogP contribution in [0.25, 0.3) is 21.7 Å². The maximum atomic E-state index is 4.77. The van der Waals surface area contributed by atoms with Crippen LogP contribution in [0.4, 0.5) is 0 Å². The third-order valence-electron chi connectivity index (χ3n) is 4.91. The van der Waals surface area contributed by atoms with E-state index in [2.05, 4.69) is 22.6 Å². The van der Waals surface area contributed by atoms with Crippen LogP contribution in [0.3, 0.4) is 0 Å². The zero-order chi connectivity index (χ0) is 17.0. The zero-order valence-corrected chi connectivity index (χ0v) is 15.2. The molecule has 5 rings (SSSR count). The first-order valence-electron chi connectivity index (χ1n) is 8.70. The minimum atomic E-state index is 0.681. The third-order valence-corrected chi connectivity index (χ3v) is 6.11. The molecule has 128 valence electrons. The normalized spacial score (nSPS) is 16.2. The molecule has 1 N–H and O–H groups in total. The molecule has 7 heteroatoms. The van der Waals surface area contributed by atoms with E-state index in [1.165, 1.54) is 23.1 Å². The van der Waals surface area contributed by atoms with Crippen molar-refractivity contribution in [3.8, 4) is 5.82 Å². The lowest BCUT2D eigenvalue weighted by molar-refractivity contribution is 0.465. The van der Waals surface area contributed by atoms with Gasteiger partial charge in [0.15, 0.2) is 11.5 Å². The molecule has 0 bridgehead atoms.